The Morgan fingerprint density at radius 3 is 2.78 bits per heavy atom. The molecule has 0 aliphatic rings. The van der Waals surface area contributed by atoms with Gasteiger partial charge in [-0.1, -0.05) is 18.5 Å². The quantitative estimate of drug-likeness (QED) is 0.908. The molecule has 94 valence electrons. The summed E-state index contributed by atoms with van der Waals surface area (Å²) in [6, 6.07) is 4.32. The second-order valence-electron chi connectivity index (χ2n) is 3.97. The minimum Gasteiger partial charge on any atom is -0.306 e. The average Bonchev–Trinajstić information content (AvgIpc) is 2.36. The van der Waals surface area contributed by atoms with Crippen LogP contribution in [-0.4, -0.2) is 9.97 Å². The maximum atomic E-state index is 13.4. The van der Waals surface area contributed by atoms with Gasteiger partial charge in [-0.15, -0.1) is 0 Å². The van der Waals surface area contributed by atoms with E-state index >= 15 is 0 Å². The second kappa shape index (κ2) is 4.90. The lowest BCUT2D eigenvalue weighted by atomic mass is 10.1. The number of hydrogen-bond donors (Lipinski definition) is 1. The maximum absolute atomic E-state index is 13.4. The highest BCUT2D eigenvalue weighted by Gasteiger charge is 2.09. The highest BCUT2D eigenvalue weighted by atomic mass is 35.5. The molecular formula is C13H12ClFN2O. The van der Waals surface area contributed by atoms with E-state index in [4.69, 9.17) is 11.6 Å². The van der Waals surface area contributed by atoms with Gasteiger partial charge in [0.15, 0.2) is 0 Å². The lowest BCUT2D eigenvalue weighted by Gasteiger charge is -2.06. The van der Waals surface area contributed by atoms with E-state index in [0.29, 0.717) is 29.1 Å². The monoisotopic (exact) mass is 266 g/mol. The molecule has 1 aromatic carbocycles. The number of aromatic amines is 1. The predicted molar refractivity (Wildman–Crippen MR) is 69.4 cm³/mol. The van der Waals surface area contributed by atoms with E-state index in [1.54, 1.807) is 13.0 Å². The van der Waals surface area contributed by atoms with Gasteiger partial charge in [0.05, 0.1) is 10.7 Å². The number of H-pyrrole nitrogens is 1. The molecule has 0 atom stereocenters. The number of nitrogens with one attached hydrogen (secondary N) is 1. The Hall–Kier alpha value is -1.68. The largest absolute Gasteiger partial charge is 0.306 e. The molecule has 0 spiro atoms. The van der Waals surface area contributed by atoms with Crippen LogP contribution in [0.15, 0.2) is 23.0 Å². The molecule has 0 fully saturated rings. The number of nitrogens with zero attached hydrogens (tertiary/aromatic N) is 1. The number of rotatable bonds is 2. The van der Waals surface area contributed by atoms with E-state index in [1.165, 1.54) is 12.1 Å². The van der Waals surface area contributed by atoms with Crippen LogP contribution in [0.25, 0.3) is 11.4 Å². The van der Waals surface area contributed by atoms with Gasteiger partial charge in [-0.25, -0.2) is 9.37 Å². The molecule has 0 unspecified atom stereocenters. The molecule has 0 saturated heterocycles. The summed E-state index contributed by atoms with van der Waals surface area (Å²) in [5.74, 6) is -0.173. The first kappa shape index (κ1) is 12.8. The molecule has 0 amide bonds. The van der Waals surface area contributed by atoms with Crippen LogP contribution in [0, 0.1) is 12.7 Å². The fourth-order valence-corrected chi connectivity index (χ4v) is 1.82. The Labute approximate surface area is 109 Å². The first-order chi connectivity index (χ1) is 8.52. The van der Waals surface area contributed by atoms with Crippen LogP contribution >= 0.6 is 11.6 Å². The van der Waals surface area contributed by atoms with Crippen molar-refractivity contribution in [2.24, 2.45) is 0 Å². The van der Waals surface area contributed by atoms with Crippen molar-refractivity contribution in [1.29, 1.82) is 0 Å². The molecule has 3 nitrogen and oxygen atoms in total. The van der Waals surface area contributed by atoms with Gasteiger partial charge in [-0.2, -0.15) is 0 Å². The minimum absolute atomic E-state index is 0.0453. The van der Waals surface area contributed by atoms with Crippen LogP contribution in [0.3, 0.4) is 0 Å². The molecule has 0 saturated carbocycles. The lowest BCUT2D eigenvalue weighted by molar-refractivity contribution is 0.628. The molecule has 1 aromatic heterocycles. The van der Waals surface area contributed by atoms with E-state index in [-0.39, 0.29) is 10.6 Å². The number of aromatic nitrogens is 2. The van der Waals surface area contributed by atoms with Crippen molar-refractivity contribution in [2.75, 3.05) is 0 Å². The smallest absolute Gasteiger partial charge is 0.254 e. The lowest BCUT2D eigenvalue weighted by Crippen LogP contribution is -2.15. The zero-order chi connectivity index (χ0) is 13.3. The van der Waals surface area contributed by atoms with Crippen LogP contribution in [0.5, 0.6) is 0 Å². The molecule has 2 rings (SSSR count). The van der Waals surface area contributed by atoms with Crippen molar-refractivity contribution in [2.45, 2.75) is 20.3 Å². The van der Waals surface area contributed by atoms with Gasteiger partial charge in [0.2, 0.25) is 0 Å². The van der Waals surface area contributed by atoms with E-state index < -0.39 is 5.82 Å². The minimum atomic E-state index is -0.532. The molecular weight excluding hydrogens is 255 g/mol. The zero-order valence-corrected chi connectivity index (χ0v) is 10.8. The summed E-state index contributed by atoms with van der Waals surface area (Å²) in [6.45, 7) is 3.64. The van der Waals surface area contributed by atoms with Gasteiger partial charge >= 0.3 is 0 Å². The van der Waals surface area contributed by atoms with Crippen LogP contribution in [0.2, 0.25) is 5.02 Å². The summed E-state index contributed by atoms with van der Waals surface area (Å²) in [7, 11) is 0. The third-order valence-corrected chi connectivity index (χ3v) is 3.09. The molecule has 5 heteroatoms. The van der Waals surface area contributed by atoms with Gasteiger partial charge in [0.25, 0.3) is 5.56 Å². The fourth-order valence-electron chi connectivity index (χ4n) is 1.70. The van der Waals surface area contributed by atoms with Gasteiger partial charge in [0, 0.05) is 11.1 Å². The standard InChI is InChI=1S/C13H12ClFN2O/c1-3-11-7(2)13(18)17-12(16-11)8-4-5-9(14)10(15)6-8/h4-6H,3H2,1-2H3,(H,16,17,18). The topological polar surface area (TPSA) is 45.8 Å². The first-order valence-corrected chi connectivity index (χ1v) is 5.96. The molecule has 0 bridgehead atoms. The van der Waals surface area contributed by atoms with Crippen molar-refractivity contribution >= 4 is 11.6 Å². The Morgan fingerprint density at radius 2 is 2.17 bits per heavy atom. The molecule has 1 heterocycles. The van der Waals surface area contributed by atoms with Crippen molar-refractivity contribution in [3.05, 3.63) is 50.7 Å². The number of hydrogen-bond acceptors (Lipinski definition) is 2. The van der Waals surface area contributed by atoms with Crippen LogP contribution in [0.1, 0.15) is 18.2 Å². The summed E-state index contributed by atoms with van der Waals surface area (Å²) in [6.07, 6.45) is 0.652. The Kier molecular flexibility index (Phi) is 3.48. The van der Waals surface area contributed by atoms with Crippen molar-refractivity contribution < 1.29 is 4.39 Å². The van der Waals surface area contributed by atoms with Crippen molar-refractivity contribution in [1.82, 2.24) is 9.97 Å². The molecule has 2 aromatic rings. The van der Waals surface area contributed by atoms with E-state index in [1.807, 2.05) is 6.92 Å². The van der Waals surface area contributed by atoms with E-state index in [2.05, 4.69) is 9.97 Å². The summed E-state index contributed by atoms with van der Waals surface area (Å²) in [5.41, 5.74) is 1.61. The van der Waals surface area contributed by atoms with Crippen LogP contribution < -0.4 is 5.56 Å². The molecule has 1 N–H and O–H groups in total. The molecule has 0 aliphatic heterocycles. The number of halogens is 2. The van der Waals surface area contributed by atoms with E-state index in [0.717, 1.165) is 0 Å². The van der Waals surface area contributed by atoms with Gasteiger partial charge in [-0.3, -0.25) is 4.79 Å². The number of aryl methyl sites for hydroxylation is 1. The highest BCUT2D eigenvalue weighted by Crippen LogP contribution is 2.21. The second-order valence-corrected chi connectivity index (χ2v) is 4.38. The summed E-state index contributed by atoms with van der Waals surface area (Å²) < 4.78 is 13.4. The molecule has 18 heavy (non-hydrogen) atoms. The first-order valence-electron chi connectivity index (χ1n) is 5.58. The van der Waals surface area contributed by atoms with Crippen LogP contribution in [0.4, 0.5) is 4.39 Å². The average molecular weight is 267 g/mol. The van der Waals surface area contributed by atoms with Gasteiger partial charge in [0.1, 0.15) is 11.6 Å². The highest BCUT2D eigenvalue weighted by molar-refractivity contribution is 6.30. The molecule has 0 aliphatic carbocycles. The van der Waals surface area contributed by atoms with Gasteiger partial charge in [-0.05, 0) is 31.5 Å². The van der Waals surface area contributed by atoms with Gasteiger partial charge < -0.3 is 4.98 Å². The van der Waals surface area contributed by atoms with Crippen LogP contribution in [-0.2, 0) is 6.42 Å². The summed E-state index contributed by atoms with van der Waals surface area (Å²) in [5, 5.41) is 0.0453. The predicted octanol–water partition coefficient (Wildman–Crippen LogP) is 3.10. The summed E-state index contributed by atoms with van der Waals surface area (Å²) >= 11 is 5.62. The van der Waals surface area contributed by atoms with Crippen molar-refractivity contribution in [3.8, 4) is 11.4 Å². The fraction of sp³-hybridized carbons (Fsp3) is 0.231. The third-order valence-electron chi connectivity index (χ3n) is 2.78. The maximum Gasteiger partial charge on any atom is 0.254 e. The SMILES string of the molecule is CCc1nc(-c2ccc(Cl)c(F)c2)[nH]c(=O)c1C. The zero-order valence-electron chi connectivity index (χ0n) is 10.1. The van der Waals surface area contributed by atoms with E-state index in [9.17, 15) is 9.18 Å². The third kappa shape index (κ3) is 2.29. The Morgan fingerprint density at radius 1 is 1.44 bits per heavy atom. The normalized spacial score (nSPS) is 10.7. The Bertz CT molecular complexity index is 652. The molecule has 0 radical (unpaired) electrons. The summed E-state index contributed by atoms with van der Waals surface area (Å²) in [4.78, 5) is 18.7. The number of benzene rings is 1. The Balaban J connectivity index is 2.60. The van der Waals surface area contributed by atoms with Crippen molar-refractivity contribution in [3.63, 3.8) is 0 Å².